The molecule has 0 aliphatic carbocycles. The fraction of sp³-hybridized carbons (Fsp3) is 0.0909. The Labute approximate surface area is 117 Å². The van der Waals surface area contributed by atoms with E-state index in [0.29, 0.717) is 15.8 Å². The van der Waals surface area contributed by atoms with E-state index in [2.05, 4.69) is 10.1 Å². The molecule has 0 saturated carbocycles. The number of oxime groups is 1. The zero-order chi connectivity index (χ0) is 14.7. The van der Waals surface area contributed by atoms with Gasteiger partial charge in [0.2, 0.25) is 0 Å². The number of nitro benzene ring substituents is 1. The van der Waals surface area contributed by atoms with Crippen LogP contribution >= 0.6 is 11.8 Å². The smallest absolute Gasteiger partial charge is 0.270 e. The average Bonchev–Trinajstić information content (AvgIpc) is 2.83. The Balaban J connectivity index is 2.43. The highest BCUT2D eigenvalue weighted by molar-refractivity contribution is 7.99. The number of oxazole rings is 1. The molecule has 0 atom stereocenters. The van der Waals surface area contributed by atoms with E-state index in [-0.39, 0.29) is 17.1 Å². The highest BCUT2D eigenvalue weighted by Crippen LogP contribution is 2.32. The maximum absolute atomic E-state index is 10.8. The zero-order valence-corrected chi connectivity index (χ0v) is 11.1. The summed E-state index contributed by atoms with van der Waals surface area (Å²) >= 11 is 1.13. The summed E-state index contributed by atoms with van der Waals surface area (Å²) in [5.74, 6) is -0.223. The van der Waals surface area contributed by atoms with Crippen molar-refractivity contribution in [3.63, 3.8) is 0 Å². The Kier molecular flexibility index (Phi) is 3.89. The first kappa shape index (κ1) is 13.9. The molecule has 1 aromatic carbocycles. The minimum atomic E-state index is -0.558. The lowest BCUT2D eigenvalue weighted by Crippen LogP contribution is -2.14. The molecule has 0 bridgehead atoms. The van der Waals surface area contributed by atoms with Gasteiger partial charge in [0.1, 0.15) is 6.26 Å². The summed E-state index contributed by atoms with van der Waals surface area (Å²) in [6.07, 6.45) is 1.48. The maximum atomic E-state index is 10.8. The van der Waals surface area contributed by atoms with Crippen molar-refractivity contribution >= 4 is 23.3 Å². The fourth-order valence-electron chi connectivity index (χ4n) is 1.45. The second-order valence-corrected chi connectivity index (χ2v) is 4.77. The monoisotopic (exact) mass is 294 g/mol. The summed E-state index contributed by atoms with van der Waals surface area (Å²) < 4.78 is 5.19. The van der Waals surface area contributed by atoms with Crippen LogP contribution in [0.25, 0.3) is 0 Å². The number of non-ortho nitro benzene ring substituents is 1. The Hall–Kier alpha value is -2.55. The van der Waals surface area contributed by atoms with Gasteiger partial charge in [-0.3, -0.25) is 10.1 Å². The molecule has 9 heteroatoms. The third-order valence-corrected chi connectivity index (χ3v) is 3.29. The molecule has 0 amide bonds. The number of nitrogens with zero attached hydrogens (tertiary/aromatic N) is 3. The number of hydrogen-bond acceptors (Lipinski definition) is 7. The summed E-state index contributed by atoms with van der Waals surface area (Å²) in [6, 6.07) is 4.05. The van der Waals surface area contributed by atoms with Crippen LogP contribution in [-0.2, 0) is 0 Å². The second-order valence-electron chi connectivity index (χ2n) is 3.78. The number of rotatable bonds is 4. The minimum Gasteiger partial charge on any atom is -0.439 e. The molecule has 104 valence electrons. The number of benzene rings is 1. The summed E-state index contributed by atoms with van der Waals surface area (Å²) in [7, 11) is 0. The van der Waals surface area contributed by atoms with Crippen LogP contribution in [0.4, 0.5) is 5.69 Å². The minimum absolute atomic E-state index is 0.153. The molecule has 0 saturated heterocycles. The van der Waals surface area contributed by atoms with Gasteiger partial charge < -0.3 is 15.4 Å². The van der Waals surface area contributed by atoms with Gasteiger partial charge in [0.25, 0.3) is 10.9 Å². The summed E-state index contributed by atoms with van der Waals surface area (Å²) in [6.45, 7) is 1.77. The lowest BCUT2D eigenvalue weighted by atomic mass is 10.2. The Morgan fingerprint density at radius 1 is 1.60 bits per heavy atom. The molecule has 0 fully saturated rings. The van der Waals surface area contributed by atoms with Crippen molar-refractivity contribution in [3.8, 4) is 0 Å². The van der Waals surface area contributed by atoms with Gasteiger partial charge in [0, 0.05) is 22.6 Å². The van der Waals surface area contributed by atoms with Crippen LogP contribution in [-0.4, -0.2) is 21.0 Å². The molecule has 0 aliphatic rings. The first-order valence-electron chi connectivity index (χ1n) is 5.37. The van der Waals surface area contributed by atoms with Gasteiger partial charge in [-0.15, -0.1) is 0 Å². The Morgan fingerprint density at radius 3 is 2.90 bits per heavy atom. The number of nitro groups is 1. The third-order valence-electron chi connectivity index (χ3n) is 2.35. The zero-order valence-electron chi connectivity index (χ0n) is 10.3. The summed E-state index contributed by atoms with van der Waals surface area (Å²) in [4.78, 5) is 14.8. The topological polar surface area (TPSA) is 128 Å². The predicted octanol–water partition coefficient (Wildman–Crippen LogP) is 2.14. The Bertz CT molecular complexity index is 683. The summed E-state index contributed by atoms with van der Waals surface area (Å²) in [5.41, 5.74) is 6.33. The van der Waals surface area contributed by atoms with Crippen molar-refractivity contribution in [2.45, 2.75) is 17.0 Å². The second kappa shape index (κ2) is 5.61. The summed E-state index contributed by atoms with van der Waals surface area (Å²) in [5, 5.41) is 22.8. The van der Waals surface area contributed by atoms with E-state index < -0.39 is 4.92 Å². The number of aromatic nitrogens is 1. The fourth-order valence-corrected chi connectivity index (χ4v) is 2.33. The highest BCUT2D eigenvalue weighted by Gasteiger charge is 2.16. The van der Waals surface area contributed by atoms with Gasteiger partial charge in [-0.1, -0.05) is 5.16 Å². The van der Waals surface area contributed by atoms with E-state index in [1.165, 1.54) is 24.5 Å². The number of nitrogens with two attached hydrogens (primary N) is 1. The third kappa shape index (κ3) is 2.88. The van der Waals surface area contributed by atoms with Crippen LogP contribution in [0.5, 0.6) is 0 Å². The van der Waals surface area contributed by atoms with E-state index in [4.69, 9.17) is 15.4 Å². The molecule has 1 aromatic heterocycles. The van der Waals surface area contributed by atoms with Crippen LogP contribution in [0.3, 0.4) is 0 Å². The molecule has 1 heterocycles. The molecule has 0 radical (unpaired) electrons. The van der Waals surface area contributed by atoms with E-state index in [1.54, 1.807) is 6.92 Å². The molecule has 0 aliphatic heterocycles. The lowest BCUT2D eigenvalue weighted by Gasteiger charge is -2.05. The quantitative estimate of drug-likeness (QED) is 0.290. The van der Waals surface area contributed by atoms with E-state index >= 15 is 0 Å². The first-order chi connectivity index (χ1) is 9.51. The molecular formula is C11H10N4O4S. The van der Waals surface area contributed by atoms with E-state index in [0.717, 1.165) is 11.8 Å². The standard InChI is InChI=1S/C11H10N4O4S/c1-6-5-19-11(13-6)20-9-3-2-7(15(17)18)4-8(9)10(12)14-16/h2-5,16H,1H3,(H2,12,14). The van der Waals surface area contributed by atoms with Gasteiger partial charge in [-0.25, -0.2) is 4.98 Å². The molecule has 0 spiro atoms. The molecule has 0 unspecified atom stereocenters. The number of hydrogen-bond donors (Lipinski definition) is 2. The van der Waals surface area contributed by atoms with Crippen molar-refractivity contribution in [2.24, 2.45) is 10.9 Å². The van der Waals surface area contributed by atoms with Crippen LogP contribution in [0.1, 0.15) is 11.3 Å². The van der Waals surface area contributed by atoms with Gasteiger partial charge in [0.15, 0.2) is 5.84 Å². The largest absolute Gasteiger partial charge is 0.439 e. The number of amidine groups is 1. The van der Waals surface area contributed by atoms with Crippen LogP contribution < -0.4 is 5.73 Å². The average molecular weight is 294 g/mol. The van der Waals surface area contributed by atoms with Crippen molar-refractivity contribution in [2.75, 3.05) is 0 Å². The van der Waals surface area contributed by atoms with Gasteiger partial charge >= 0.3 is 0 Å². The molecule has 8 nitrogen and oxygen atoms in total. The van der Waals surface area contributed by atoms with Gasteiger partial charge in [-0.2, -0.15) is 0 Å². The van der Waals surface area contributed by atoms with Crippen LogP contribution in [0, 0.1) is 17.0 Å². The van der Waals surface area contributed by atoms with E-state index in [1.807, 2.05) is 0 Å². The van der Waals surface area contributed by atoms with Crippen molar-refractivity contribution in [1.82, 2.24) is 4.98 Å². The number of aryl methyl sites for hydroxylation is 1. The molecule has 2 rings (SSSR count). The van der Waals surface area contributed by atoms with Crippen molar-refractivity contribution in [1.29, 1.82) is 0 Å². The van der Waals surface area contributed by atoms with Gasteiger partial charge in [0.05, 0.1) is 10.6 Å². The first-order valence-corrected chi connectivity index (χ1v) is 6.19. The van der Waals surface area contributed by atoms with Crippen molar-refractivity contribution < 1.29 is 14.5 Å². The Morgan fingerprint density at radius 2 is 2.35 bits per heavy atom. The normalized spacial score (nSPS) is 11.6. The highest BCUT2D eigenvalue weighted by atomic mass is 32.2. The predicted molar refractivity (Wildman–Crippen MR) is 71.0 cm³/mol. The van der Waals surface area contributed by atoms with Crippen LogP contribution in [0.15, 0.2) is 44.2 Å². The molecule has 2 aromatic rings. The molecule has 3 N–H and O–H groups in total. The van der Waals surface area contributed by atoms with Crippen molar-refractivity contribution in [3.05, 3.63) is 45.8 Å². The SMILES string of the molecule is Cc1coc(Sc2ccc([N+](=O)[O-])cc2/C(N)=N/O)n1. The lowest BCUT2D eigenvalue weighted by molar-refractivity contribution is -0.384. The maximum Gasteiger partial charge on any atom is 0.270 e. The van der Waals surface area contributed by atoms with Crippen LogP contribution in [0.2, 0.25) is 0 Å². The molecule has 20 heavy (non-hydrogen) atoms. The van der Waals surface area contributed by atoms with E-state index in [9.17, 15) is 10.1 Å². The molecular weight excluding hydrogens is 284 g/mol. The van der Waals surface area contributed by atoms with Gasteiger partial charge in [-0.05, 0) is 24.8 Å².